The minimum atomic E-state index is 0.666. The van der Waals surface area contributed by atoms with E-state index < -0.39 is 0 Å². The smallest absolute Gasteiger partial charge is 0.166 e. The van der Waals surface area contributed by atoms with Crippen molar-refractivity contribution < 1.29 is 4.74 Å². The quantitative estimate of drug-likeness (QED) is 0.551. The number of thiocarbonyl (C=S) groups is 1. The minimum absolute atomic E-state index is 0.666. The van der Waals surface area contributed by atoms with E-state index in [4.69, 9.17) is 17.0 Å². The van der Waals surface area contributed by atoms with Gasteiger partial charge in [-0.15, -0.1) is 0 Å². The molecule has 0 aliphatic rings. The van der Waals surface area contributed by atoms with Crippen LogP contribution in [0.25, 0.3) is 0 Å². The third-order valence-electron chi connectivity index (χ3n) is 1.91. The first-order valence-corrected chi connectivity index (χ1v) is 5.35. The molecule has 2 N–H and O–H groups in total. The highest BCUT2D eigenvalue weighted by molar-refractivity contribution is 7.80. The van der Waals surface area contributed by atoms with Crippen LogP contribution < -0.4 is 10.6 Å². The summed E-state index contributed by atoms with van der Waals surface area (Å²) in [6.45, 7) is 3.15. The van der Waals surface area contributed by atoms with Gasteiger partial charge in [-0.1, -0.05) is 0 Å². The van der Waals surface area contributed by atoms with Crippen LogP contribution in [0.4, 0.5) is 0 Å². The lowest BCUT2D eigenvalue weighted by molar-refractivity contribution is 0.204. The maximum atomic E-state index is 5.08. The molecule has 1 heterocycles. The predicted molar refractivity (Wildman–Crippen MR) is 64.9 cm³/mol. The molecular formula is C10H17N3OS. The van der Waals surface area contributed by atoms with Crippen molar-refractivity contribution >= 4 is 17.3 Å². The van der Waals surface area contributed by atoms with Gasteiger partial charge in [-0.05, 0) is 24.4 Å². The lowest BCUT2D eigenvalue weighted by Gasteiger charge is -2.10. The van der Waals surface area contributed by atoms with Crippen molar-refractivity contribution in [2.45, 2.75) is 6.54 Å². The summed E-state index contributed by atoms with van der Waals surface area (Å²) in [5.74, 6) is 0. The van der Waals surface area contributed by atoms with Gasteiger partial charge in [0.15, 0.2) is 5.11 Å². The molecule has 0 saturated carbocycles. The number of ether oxygens (including phenoxy) is 1. The molecule has 0 bridgehead atoms. The van der Waals surface area contributed by atoms with E-state index in [1.165, 1.54) is 0 Å². The number of nitrogens with one attached hydrogen (secondary N) is 2. The summed E-state index contributed by atoms with van der Waals surface area (Å²) in [5.41, 5.74) is 0. The Kier molecular flexibility index (Phi) is 5.80. The maximum absolute atomic E-state index is 5.08. The Bertz CT molecular complexity index is 274. The first-order chi connectivity index (χ1) is 7.33. The molecule has 0 spiro atoms. The van der Waals surface area contributed by atoms with E-state index in [1.54, 1.807) is 7.11 Å². The first-order valence-electron chi connectivity index (χ1n) is 4.94. The van der Waals surface area contributed by atoms with Crippen molar-refractivity contribution in [1.82, 2.24) is 15.2 Å². The second-order valence-electron chi connectivity index (χ2n) is 3.10. The molecule has 0 fully saturated rings. The summed E-state index contributed by atoms with van der Waals surface area (Å²) in [6, 6.07) is 4.02. The number of hydrogen-bond donors (Lipinski definition) is 2. The average molecular weight is 227 g/mol. The van der Waals surface area contributed by atoms with Crippen LogP contribution in [-0.4, -0.2) is 36.5 Å². The zero-order chi connectivity index (χ0) is 10.9. The predicted octanol–water partition coefficient (Wildman–Crippen LogP) is 0.599. The normalized spacial score (nSPS) is 9.93. The van der Waals surface area contributed by atoms with Crippen LogP contribution in [-0.2, 0) is 11.3 Å². The molecule has 1 rings (SSSR count). The Morgan fingerprint density at radius 2 is 1.93 bits per heavy atom. The average Bonchev–Trinajstić information content (AvgIpc) is 2.71. The zero-order valence-electron chi connectivity index (χ0n) is 8.90. The van der Waals surface area contributed by atoms with Gasteiger partial charge in [-0.25, -0.2) is 0 Å². The Balaban J connectivity index is 2.02. The molecule has 5 heteroatoms. The number of methoxy groups -OCH3 is 1. The highest BCUT2D eigenvalue weighted by atomic mass is 32.1. The van der Waals surface area contributed by atoms with Crippen LogP contribution in [0.5, 0.6) is 0 Å². The van der Waals surface area contributed by atoms with Crippen LogP contribution in [0.3, 0.4) is 0 Å². The lowest BCUT2D eigenvalue weighted by Crippen LogP contribution is -2.38. The second-order valence-corrected chi connectivity index (χ2v) is 3.50. The van der Waals surface area contributed by atoms with Crippen molar-refractivity contribution in [2.75, 3.05) is 26.8 Å². The Hall–Kier alpha value is -1.07. The van der Waals surface area contributed by atoms with Gasteiger partial charge < -0.3 is 19.9 Å². The van der Waals surface area contributed by atoms with Crippen LogP contribution in [0.15, 0.2) is 24.5 Å². The van der Waals surface area contributed by atoms with E-state index in [9.17, 15) is 0 Å². The maximum Gasteiger partial charge on any atom is 0.166 e. The number of hydrogen-bond acceptors (Lipinski definition) is 2. The summed E-state index contributed by atoms with van der Waals surface area (Å²) < 4.78 is 7.00. The molecule has 0 aromatic carbocycles. The molecule has 0 radical (unpaired) electrons. The van der Waals surface area contributed by atoms with Crippen LogP contribution in [0.2, 0.25) is 0 Å². The van der Waals surface area contributed by atoms with E-state index in [0.717, 1.165) is 19.6 Å². The topological polar surface area (TPSA) is 38.2 Å². The van der Waals surface area contributed by atoms with Gasteiger partial charge in [0, 0.05) is 39.1 Å². The van der Waals surface area contributed by atoms with Crippen molar-refractivity contribution in [3.63, 3.8) is 0 Å². The third kappa shape index (κ3) is 5.39. The van der Waals surface area contributed by atoms with Gasteiger partial charge in [-0.2, -0.15) is 0 Å². The molecule has 84 valence electrons. The van der Waals surface area contributed by atoms with Crippen LogP contribution >= 0.6 is 12.2 Å². The van der Waals surface area contributed by atoms with E-state index in [2.05, 4.69) is 15.2 Å². The molecular weight excluding hydrogens is 210 g/mol. The molecule has 4 nitrogen and oxygen atoms in total. The third-order valence-corrected chi connectivity index (χ3v) is 2.20. The van der Waals surface area contributed by atoms with E-state index in [1.807, 2.05) is 24.5 Å². The monoisotopic (exact) mass is 227 g/mol. The lowest BCUT2D eigenvalue weighted by atomic mass is 10.6. The van der Waals surface area contributed by atoms with Crippen LogP contribution in [0, 0.1) is 0 Å². The fourth-order valence-corrected chi connectivity index (χ4v) is 1.35. The van der Waals surface area contributed by atoms with Gasteiger partial charge >= 0.3 is 0 Å². The van der Waals surface area contributed by atoms with Crippen molar-refractivity contribution in [1.29, 1.82) is 0 Å². The number of nitrogens with zero attached hydrogens (tertiary/aromatic N) is 1. The van der Waals surface area contributed by atoms with E-state index >= 15 is 0 Å². The first kappa shape index (κ1) is 12.0. The van der Waals surface area contributed by atoms with Gasteiger partial charge in [0.25, 0.3) is 0 Å². The van der Waals surface area contributed by atoms with Crippen molar-refractivity contribution in [3.05, 3.63) is 24.5 Å². The Morgan fingerprint density at radius 3 is 2.60 bits per heavy atom. The van der Waals surface area contributed by atoms with E-state index in [0.29, 0.717) is 11.7 Å². The van der Waals surface area contributed by atoms with Crippen molar-refractivity contribution in [3.8, 4) is 0 Å². The number of rotatable bonds is 6. The standard InChI is InChI=1S/C10H17N3OS/c1-14-9-5-12-10(15)11-4-8-13-6-2-3-7-13/h2-3,6-7H,4-5,8-9H2,1H3,(H2,11,12,15). The van der Waals surface area contributed by atoms with Crippen molar-refractivity contribution in [2.24, 2.45) is 0 Å². The second kappa shape index (κ2) is 7.25. The minimum Gasteiger partial charge on any atom is -0.383 e. The molecule has 0 unspecified atom stereocenters. The molecule has 0 aliphatic carbocycles. The Labute approximate surface area is 95.6 Å². The molecule has 0 aliphatic heterocycles. The molecule has 0 atom stereocenters. The summed E-state index contributed by atoms with van der Waals surface area (Å²) in [7, 11) is 1.67. The summed E-state index contributed by atoms with van der Waals surface area (Å²) in [5, 5.41) is 6.85. The zero-order valence-corrected chi connectivity index (χ0v) is 9.72. The van der Waals surface area contributed by atoms with Gasteiger partial charge in [0.1, 0.15) is 0 Å². The molecule has 15 heavy (non-hydrogen) atoms. The summed E-state index contributed by atoms with van der Waals surface area (Å²) >= 11 is 5.08. The largest absolute Gasteiger partial charge is 0.383 e. The highest BCUT2D eigenvalue weighted by Gasteiger charge is 1.93. The van der Waals surface area contributed by atoms with Gasteiger partial charge in [0.2, 0.25) is 0 Å². The molecule has 1 aromatic rings. The number of aromatic nitrogens is 1. The SMILES string of the molecule is COCCNC(=S)NCCn1cccc1. The molecule has 1 aromatic heterocycles. The fourth-order valence-electron chi connectivity index (χ4n) is 1.15. The fraction of sp³-hybridized carbons (Fsp3) is 0.500. The highest BCUT2D eigenvalue weighted by Crippen LogP contribution is 1.87. The van der Waals surface area contributed by atoms with Crippen LogP contribution in [0.1, 0.15) is 0 Å². The molecule has 0 saturated heterocycles. The molecule has 0 amide bonds. The Morgan fingerprint density at radius 1 is 1.27 bits per heavy atom. The van der Waals surface area contributed by atoms with Gasteiger partial charge in [-0.3, -0.25) is 0 Å². The van der Waals surface area contributed by atoms with E-state index in [-0.39, 0.29) is 0 Å². The summed E-state index contributed by atoms with van der Waals surface area (Å²) in [6.07, 6.45) is 4.06. The van der Waals surface area contributed by atoms with Gasteiger partial charge in [0.05, 0.1) is 6.61 Å². The summed E-state index contributed by atoms with van der Waals surface area (Å²) in [4.78, 5) is 0.